The van der Waals surface area contributed by atoms with E-state index in [0.717, 1.165) is 24.9 Å². The molecule has 0 unspecified atom stereocenters. The molecule has 6 heteroatoms. The van der Waals surface area contributed by atoms with Crippen LogP contribution in [0.2, 0.25) is 0 Å². The van der Waals surface area contributed by atoms with Gasteiger partial charge in [0.25, 0.3) is 5.91 Å². The van der Waals surface area contributed by atoms with E-state index in [4.69, 9.17) is 0 Å². The highest BCUT2D eigenvalue weighted by molar-refractivity contribution is 5.94. The van der Waals surface area contributed by atoms with Crippen molar-refractivity contribution in [3.8, 4) is 0 Å². The monoisotopic (exact) mass is 405 g/mol. The fourth-order valence-electron chi connectivity index (χ4n) is 5.57. The minimum absolute atomic E-state index is 0.00941. The second-order valence-electron chi connectivity index (χ2n) is 8.61. The van der Waals surface area contributed by atoms with Crippen molar-refractivity contribution in [3.63, 3.8) is 0 Å². The van der Waals surface area contributed by atoms with E-state index < -0.39 is 6.10 Å². The summed E-state index contributed by atoms with van der Waals surface area (Å²) in [5, 5.41) is 14.5. The van der Waals surface area contributed by atoms with Crippen LogP contribution in [0, 0.1) is 0 Å². The molecule has 5 rings (SSSR count). The van der Waals surface area contributed by atoms with Gasteiger partial charge in [0.2, 0.25) is 5.91 Å². The lowest BCUT2D eigenvalue weighted by molar-refractivity contribution is -0.126. The zero-order valence-corrected chi connectivity index (χ0v) is 17.0. The Morgan fingerprint density at radius 1 is 1.00 bits per heavy atom. The van der Waals surface area contributed by atoms with E-state index in [0.29, 0.717) is 31.7 Å². The van der Waals surface area contributed by atoms with Crippen LogP contribution in [0.15, 0.2) is 54.6 Å². The number of aliphatic hydroxyl groups excluding tert-OH is 1. The molecule has 2 aromatic carbocycles. The van der Waals surface area contributed by atoms with Crippen LogP contribution in [0.3, 0.4) is 0 Å². The standard InChI is InChI=1S/C24H27N3O3/c28-20-16-27(15-12-25-20)21-18-8-4-5-9-19(18)24(22(21)29)10-13-26(14-11-24)23(30)17-6-2-1-3-7-17/h1-9,21-22,29H,10-16H2,(H,25,28)/t21-,22+/m1/s1. The van der Waals surface area contributed by atoms with Crippen molar-refractivity contribution in [1.82, 2.24) is 15.1 Å². The van der Waals surface area contributed by atoms with Gasteiger partial charge in [0, 0.05) is 37.2 Å². The van der Waals surface area contributed by atoms with Gasteiger partial charge in [-0.3, -0.25) is 14.5 Å². The number of carbonyl (C=O) groups excluding carboxylic acids is 2. The molecule has 2 fully saturated rings. The number of piperazine rings is 1. The minimum atomic E-state index is -0.588. The van der Waals surface area contributed by atoms with Crippen molar-refractivity contribution in [2.75, 3.05) is 32.7 Å². The zero-order chi connectivity index (χ0) is 20.7. The molecule has 2 aromatic rings. The molecule has 30 heavy (non-hydrogen) atoms. The number of nitrogens with zero attached hydrogens (tertiary/aromatic N) is 2. The SMILES string of the molecule is O=C1CN([C@@H]2c3ccccc3C3(CCN(C(=O)c4ccccc4)CC3)[C@H]2O)CCN1. The maximum Gasteiger partial charge on any atom is 0.253 e. The Hall–Kier alpha value is -2.70. The molecule has 2 aliphatic heterocycles. The van der Waals surface area contributed by atoms with Gasteiger partial charge in [0.15, 0.2) is 0 Å². The van der Waals surface area contributed by atoms with Gasteiger partial charge in [0.1, 0.15) is 0 Å². The largest absolute Gasteiger partial charge is 0.390 e. The zero-order valence-electron chi connectivity index (χ0n) is 17.0. The van der Waals surface area contributed by atoms with Crippen LogP contribution in [0.5, 0.6) is 0 Å². The highest BCUT2D eigenvalue weighted by Gasteiger charge is 2.54. The Morgan fingerprint density at radius 3 is 2.43 bits per heavy atom. The molecule has 6 nitrogen and oxygen atoms in total. The Kier molecular flexibility index (Phi) is 4.83. The summed E-state index contributed by atoms with van der Waals surface area (Å²) in [7, 11) is 0. The molecule has 2 heterocycles. The van der Waals surface area contributed by atoms with E-state index in [9.17, 15) is 14.7 Å². The van der Waals surface area contributed by atoms with Crippen molar-refractivity contribution >= 4 is 11.8 Å². The number of hydrogen-bond donors (Lipinski definition) is 2. The first-order chi connectivity index (χ1) is 14.6. The Morgan fingerprint density at radius 2 is 1.70 bits per heavy atom. The van der Waals surface area contributed by atoms with Gasteiger partial charge in [0.05, 0.1) is 18.7 Å². The predicted octanol–water partition coefficient (Wildman–Crippen LogP) is 1.71. The number of carbonyl (C=O) groups is 2. The van der Waals surface area contributed by atoms with Gasteiger partial charge in [-0.15, -0.1) is 0 Å². The predicted molar refractivity (Wildman–Crippen MR) is 113 cm³/mol. The highest BCUT2D eigenvalue weighted by atomic mass is 16.3. The van der Waals surface area contributed by atoms with Crippen molar-refractivity contribution < 1.29 is 14.7 Å². The average Bonchev–Trinajstić information content (AvgIpc) is 3.02. The smallest absolute Gasteiger partial charge is 0.253 e. The van der Waals surface area contributed by atoms with Gasteiger partial charge in [-0.1, -0.05) is 42.5 Å². The fourth-order valence-corrected chi connectivity index (χ4v) is 5.57. The van der Waals surface area contributed by atoms with Gasteiger partial charge in [-0.25, -0.2) is 0 Å². The van der Waals surface area contributed by atoms with Crippen LogP contribution in [-0.2, 0) is 10.2 Å². The quantitative estimate of drug-likeness (QED) is 0.798. The second-order valence-corrected chi connectivity index (χ2v) is 8.61. The lowest BCUT2D eigenvalue weighted by Crippen LogP contribution is -2.54. The summed E-state index contributed by atoms with van der Waals surface area (Å²) in [6.07, 6.45) is 0.857. The maximum absolute atomic E-state index is 12.9. The number of rotatable bonds is 2. The lowest BCUT2D eigenvalue weighted by atomic mass is 9.72. The van der Waals surface area contributed by atoms with Crippen LogP contribution in [0.4, 0.5) is 0 Å². The normalized spacial score (nSPS) is 25.8. The van der Waals surface area contributed by atoms with Gasteiger partial charge in [-0.2, -0.15) is 0 Å². The molecule has 2 saturated heterocycles. The number of aliphatic hydroxyl groups is 1. The number of likely N-dealkylation sites (tertiary alicyclic amines) is 1. The van der Waals surface area contributed by atoms with E-state index in [1.165, 1.54) is 5.56 Å². The van der Waals surface area contributed by atoms with Crippen LogP contribution in [0.1, 0.15) is 40.4 Å². The number of amides is 2. The molecule has 2 atom stereocenters. The first-order valence-electron chi connectivity index (χ1n) is 10.7. The molecule has 0 aromatic heterocycles. The van der Waals surface area contributed by atoms with Crippen molar-refractivity contribution in [2.24, 2.45) is 0 Å². The summed E-state index contributed by atoms with van der Waals surface area (Å²) in [4.78, 5) is 28.9. The van der Waals surface area contributed by atoms with Gasteiger partial charge >= 0.3 is 0 Å². The molecular formula is C24H27N3O3. The van der Waals surface area contributed by atoms with E-state index in [-0.39, 0.29) is 23.3 Å². The molecule has 156 valence electrons. The molecule has 0 radical (unpaired) electrons. The Bertz CT molecular complexity index is 953. The van der Waals surface area contributed by atoms with E-state index in [1.807, 2.05) is 47.4 Å². The molecule has 2 amide bonds. The second kappa shape index (κ2) is 7.52. The summed E-state index contributed by atoms with van der Waals surface area (Å²) in [5.41, 5.74) is 2.64. The first-order valence-corrected chi connectivity index (χ1v) is 10.7. The summed E-state index contributed by atoms with van der Waals surface area (Å²) < 4.78 is 0. The van der Waals surface area contributed by atoms with Gasteiger partial charge in [-0.05, 0) is 36.1 Å². The lowest BCUT2D eigenvalue weighted by Gasteiger charge is -2.44. The molecule has 2 N–H and O–H groups in total. The van der Waals surface area contributed by atoms with Gasteiger partial charge < -0.3 is 15.3 Å². The number of hydrogen-bond acceptors (Lipinski definition) is 4. The Labute approximate surface area is 176 Å². The van der Waals surface area contributed by atoms with Crippen molar-refractivity contribution in [3.05, 3.63) is 71.3 Å². The van der Waals surface area contributed by atoms with Crippen LogP contribution < -0.4 is 5.32 Å². The summed E-state index contributed by atoms with van der Waals surface area (Å²) in [6, 6.07) is 17.5. The van der Waals surface area contributed by atoms with Crippen LogP contribution in [-0.4, -0.2) is 65.5 Å². The topological polar surface area (TPSA) is 72.9 Å². The summed E-state index contributed by atoms with van der Waals surface area (Å²) in [5.74, 6) is 0.0608. The summed E-state index contributed by atoms with van der Waals surface area (Å²) in [6.45, 7) is 2.89. The molecule has 1 spiro atoms. The highest BCUT2D eigenvalue weighted by Crippen LogP contribution is 2.52. The third kappa shape index (κ3) is 3.02. The first kappa shape index (κ1) is 19.3. The molecule has 0 saturated carbocycles. The number of fused-ring (bicyclic) bond motifs is 2. The number of nitrogens with one attached hydrogen (secondary N) is 1. The third-order valence-corrected chi connectivity index (χ3v) is 7.11. The molecule has 1 aliphatic carbocycles. The van der Waals surface area contributed by atoms with Crippen LogP contribution in [0.25, 0.3) is 0 Å². The van der Waals surface area contributed by atoms with Crippen molar-refractivity contribution in [1.29, 1.82) is 0 Å². The molecule has 0 bridgehead atoms. The number of piperidine rings is 1. The third-order valence-electron chi connectivity index (χ3n) is 7.11. The molecular weight excluding hydrogens is 378 g/mol. The summed E-state index contributed by atoms with van der Waals surface area (Å²) >= 11 is 0. The van der Waals surface area contributed by atoms with Crippen LogP contribution >= 0.6 is 0 Å². The Balaban J connectivity index is 1.41. The maximum atomic E-state index is 12.9. The van der Waals surface area contributed by atoms with E-state index in [1.54, 1.807) is 0 Å². The average molecular weight is 405 g/mol. The van der Waals surface area contributed by atoms with E-state index >= 15 is 0 Å². The van der Waals surface area contributed by atoms with Crippen molar-refractivity contribution in [2.45, 2.75) is 30.4 Å². The molecule has 3 aliphatic rings. The fraction of sp³-hybridized carbons (Fsp3) is 0.417. The number of benzene rings is 2. The van der Waals surface area contributed by atoms with E-state index in [2.05, 4.69) is 22.3 Å². The minimum Gasteiger partial charge on any atom is -0.390 e.